The number of nitro benzene ring substituents is 1. The Balaban J connectivity index is 2.15. The molecule has 3 aromatic rings. The van der Waals surface area contributed by atoms with Gasteiger partial charge in [0.25, 0.3) is 11.6 Å². The lowest BCUT2D eigenvalue weighted by Crippen LogP contribution is -2.19. The van der Waals surface area contributed by atoms with Crippen LogP contribution >= 0.6 is 45.9 Å². The third-order valence-electron chi connectivity index (χ3n) is 3.48. The van der Waals surface area contributed by atoms with Gasteiger partial charge in [-0.25, -0.2) is 0 Å². The first-order valence-corrected chi connectivity index (χ1v) is 9.60. The van der Waals surface area contributed by atoms with Crippen LogP contribution in [0.5, 0.6) is 0 Å². The SMILES string of the molecule is COCCn1c(=NC(=O)c2cc(Cl)sc2Cl)sc2ccc([N+](=O)[O-])cc21. The first-order valence-electron chi connectivity index (χ1n) is 7.21. The molecule has 11 heteroatoms. The standard InChI is InChI=1S/C15H11Cl2N3O4S2/c1-24-5-4-19-10-6-8(20(22)23)2-3-11(10)25-15(19)18-14(21)9-7-12(16)26-13(9)17/h2-3,6-7H,4-5H2,1H3. The number of carbonyl (C=O) groups is 1. The van der Waals surface area contributed by atoms with E-state index in [9.17, 15) is 14.9 Å². The monoisotopic (exact) mass is 431 g/mol. The third kappa shape index (κ3) is 3.81. The van der Waals surface area contributed by atoms with Crippen LogP contribution in [-0.2, 0) is 11.3 Å². The number of hydrogen-bond donors (Lipinski definition) is 0. The number of fused-ring (bicyclic) bond motifs is 1. The highest BCUT2D eigenvalue weighted by Crippen LogP contribution is 2.31. The number of thiazole rings is 1. The van der Waals surface area contributed by atoms with Gasteiger partial charge in [-0.3, -0.25) is 14.9 Å². The molecule has 0 aliphatic rings. The van der Waals surface area contributed by atoms with Crippen LogP contribution < -0.4 is 4.80 Å². The van der Waals surface area contributed by atoms with E-state index < -0.39 is 10.8 Å². The molecule has 0 saturated heterocycles. The molecule has 1 amide bonds. The maximum atomic E-state index is 12.5. The van der Waals surface area contributed by atoms with Crippen LogP contribution in [0.1, 0.15) is 10.4 Å². The van der Waals surface area contributed by atoms with E-state index >= 15 is 0 Å². The number of nitrogens with zero attached hydrogens (tertiary/aromatic N) is 3. The summed E-state index contributed by atoms with van der Waals surface area (Å²) in [6, 6.07) is 5.98. The number of aromatic nitrogens is 1. The van der Waals surface area contributed by atoms with E-state index in [1.54, 1.807) is 17.7 Å². The number of carbonyl (C=O) groups excluding carboxylic acids is 1. The lowest BCUT2D eigenvalue weighted by molar-refractivity contribution is -0.384. The number of amides is 1. The van der Waals surface area contributed by atoms with Crippen molar-refractivity contribution in [1.29, 1.82) is 0 Å². The Hall–Kier alpha value is -1.78. The van der Waals surface area contributed by atoms with Gasteiger partial charge in [0.2, 0.25) is 0 Å². The lowest BCUT2D eigenvalue weighted by Gasteiger charge is -2.04. The molecule has 26 heavy (non-hydrogen) atoms. The van der Waals surface area contributed by atoms with Gasteiger partial charge in [0.1, 0.15) is 4.34 Å². The van der Waals surface area contributed by atoms with E-state index in [-0.39, 0.29) is 15.6 Å². The molecule has 0 spiro atoms. The highest BCUT2D eigenvalue weighted by atomic mass is 35.5. The van der Waals surface area contributed by atoms with Gasteiger partial charge < -0.3 is 9.30 Å². The maximum Gasteiger partial charge on any atom is 0.282 e. The highest BCUT2D eigenvalue weighted by molar-refractivity contribution is 7.20. The predicted octanol–water partition coefficient (Wildman–Crippen LogP) is 4.37. The minimum atomic E-state index is -0.523. The summed E-state index contributed by atoms with van der Waals surface area (Å²) in [5.74, 6) is -0.523. The number of rotatable bonds is 5. The molecule has 3 rings (SSSR count). The van der Waals surface area contributed by atoms with Gasteiger partial charge in [-0.1, -0.05) is 34.5 Å². The summed E-state index contributed by atoms with van der Waals surface area (Å²) in [7, 11) is 1.55. The van der Waals surface area contributed by atoms with Gasteiger partial charge in [-0.05, 0) is 12.1 Å². The number of non-ortho nitro benzene ring substituents is 1. The largest absolute Gasteiger partial charge is 0.383 e. The maximum absolute atomic E-state index is 12.5. The first-order chi connectivity index (χ1) is 12.4. The van der Waals surface area contributed by atoms with Crippen LogP contribution in [-0.4, -0.2) is 29.1 Å². The fourth-order valence-corrected chi connectivity index (χ4v) is 4.77. The van der Waals surface area contributed by atoms with Crippen LogP contribution in [0, 0.1) is 10.1 Å². The fourth-order valence-electron chi connectivity index (χ4n) is 2.29. The van der Waals surface area contributed by atoms with Gasteiger partial charge in [0, 0.05) is 25.8 Å². The molecule has 0 aliphatic carbocycles. The van der Waals surface area contributed by atoms with Crippen molar-refractivity contribution in [2.45, 2.75) is 6.54 Å². The second kappa shape index (κ2) is 7.85. The summed E-state index contributed by atoms with van der Waals surface area (Å²) < 4.78 is 8.25. The highest BCUT2D eigenvalue weighted by Gasteiger charge is 2.16. The van der Waals surface area contributed by atoms with Crippen molar-refractivity contribution in [3.05, 3.63) is 53.4 Å². The second-order valence-corrected chi connectivity index (χ2v) is 8.39. The summed E-state index contributed by atoms with van der Waals surface area (Å²) in [4.78, 5) is 27.6. The van der Waals surface area contributed by atoms with Gasteiger partial charge in [0.15, 0.2) is 4.80 Å². The van der Waals surface area contributed by atoms with Crippen LogP contribution in [0.4, 0.5) is 5.69 Å². The van der Waals surface area contributed by atoms with Crippen LogP contribution in [0.3, 0.4) is 0 Å². The Morgan fingerprint density at radius 2 is 2.12 bits per heavy atom. The van der Waals surface area contributed by atoms with Crippen LogP contribution in [0.25, 0.3) is 10.2 Å². The average Bonchev–Trinajstić information content (AvgIpc) is 3.11. The van der Waals surface area contributed by atoms with Crippen molar-refractivity contribution in [1.82, 2.24) is 4.57 Å². The van der Waals surface area contributed by atoms with Crippen molar-refractivity contribution in [3.8, 4) is 0 Å². The van der Waals surface area contributed by atoms with Crippen molar-refractivity contribution >= 4 is 67.7 Å². The number of benzene rings is 1. The Kier molecular flexibility index (Phi) is 5.73. The molecule has 0 N–H and O–H groups in total. The normalized spacial score (nSPS) is 12.0. The Labute approximate surface area is 165 Å². The molecular weight excluding hydrogens is 421 g/mol. The van der Waals surface area contributed by atoms with Crippen LogP contribution in [0.2, 0.25) is 8.67 Å². The van der Waals surface area contributed by atoms with E-state index in [0.29, 0.717) is 27.8 Å². The molecule has 7 nitrogen and oxygen atoms in total. The number of methoxy groups -OCH3 is 1. The van der Waals surface area contributed by atoms with E-state index in [1.165, 1.54) is 29.5 Å². The minimum Gasteiger partial charge on any atom is -0.383 e. The lowest BCUT2D eigenvalue weighted by atomic mass is 10.3. The van der Waals surface area contributed by atoms with E-state index in [0.717, 1.165) is 16.0 Å². The number of halogens is 2. The zero-order valence-corrected chi connectivity index (χ0v) is 16.4. The smallest absolute Gasteiger partial charge is 0.282 e. The average molecular weight is 432 g/mol. The zero-order chi connectivity index (χ0) is 18.8. The fraction of sp³-hybridized carbons (Fsp3) is 0.200. The summed E-state index contributed by atoms with van der Waals surface area (Å²) in [6.45, 7) is 0.753. The Morgan fingerprint density at radius 3 is 2.73 bits per heavy atom. The molecule has 0 aliphatic heterocycles. The van der Waals surface area contributed by atoms with E-state index in [1.807, 2.05) is 0 Å². The number of hydrogen-bond acceptors (Lipinski definition) is 6. The summed E-state index contributed by atoms with van der Waals surface area (Å²) in [6.07, 6.45) is 0. The van der Waals surface area contributed by atoms with Crippen molar-refractivity contribution < 1.29 is 14.5 Å². The van der Waals surface area contributed by atoms with Gasteiger partial charge in [0.05, 0.1) is 31.6 Å². The molecule has 0 unspecified atom stereocenters. The zero-order valence-electron chi connectivity index (χ0n) is 13.3. The quantitative estimate of drug-likeness (QED) is 0.443. The molecule has 0 atom stereocenters. The van der Waals surface area contributed by atoms with Gasteiger partial charge in [-0.2, -0.15) is 4.99 Å². The molecule has 1 aromatic carbocycles. The first kappa shape index (κ1) is 19.0. The molecule has 136 valence electrons. The molecule has 0 saturated carbocycles. The van der Waals surface area contributed by atoms with Crippen molar-refractivity contribution in [2.75, 3.05) is 13.7 Å². The summed E-state index contributed by atoms with van der Waals surface area (Å²) in [5.41, 5.74) is 0.803. The third-order valence-corrected chi connectivity index (χ3v) is 6.03. The van der Waals surface area contributed by atoms with Gasteiger partial charge >= 0.3 is 0 Å². The minimum absolute atomic E-state index is 0.0352. The van der Waals surface area contributed by atoms with E-state index in [2.05, 4.69) is 4.99 Å². The Bertz CT molecular complexity index is 1070. The molecule has 0 radical (unpaired) electrons. The van der Waals surface area contributed by atoms with E-state index in [4.69, 9.17) is 27.9 Å². The second-order valence-electron chi connectivity index (χ2n) is 5.09. The van der Waals surface area contributed by atoms with Gasteiger partial charge in [-0.15, -0.1) is 11.3 Å². The number of nitro groups is 1. The number of thiophene rings is 1. The topological polar surface area (TPSA) is 86.7 Å². The van der Waals surface area contributed by atoms with Crippen LogP contribution in [0.15, 0.2) is 29.3 Å². The summed E-state index contributed by atoms with van der Waals surface area (Å²) >= 11 is 14.2. The number of ether oxygens (including phenoxy) is 1. The molecule has 0 bridgehead atoms. The molecule has 2 aromatic heterocycles. The van der Waals surface area contributed by atoms with Crippen molar-refractivity contribution in [2.24, 2.45) is 4.99 Å². The Morgan fingerprint density at radius 1 is 1.35 bits per heavy atom. The predicted molar refractivity (Wildman–Crippen MR) is 103 cm³/mol. The molecule has 0 fully saturated rings. The molecular formula is C15H11Cl2N3O4S2. The van der Waals surface area contributed by atoms with Crippen molar-refractivity contribution in [3.63, 3.8) is 0 Å². The summed E-state index contributed by atoms with van der Waals surface area (Å²) in [5, 5.41) is 11.1. The molecule has 2 heterocycles.